The van der Waals surface area contributed by atoms with Crippen LogP contribution in [0.3, 0.4) is 0 Å². The van der Waals surface area contributed by atoms with E-state index < -0.39 is 23.9 Å². The van der Waals surface area contributed by atoms with Gasteiger partial charge in [0.15, 0.2) is 0 Å². The lowest BCUT2D eigenvalue weighted by atomic mass is 10.1. The number of carboxylic acid groups (broad SMARTS) is 1. The highest BCUT2D eigenvalue weighted by Gasteiger charge is 2.33. The molecule has 1 aromatic heterocycles. The molecule has 4 rings (SSSR count). The zero-order valence-electron chi connectivity index (χ0n) is 18.4. The largest absolute Gasteiger partial charge is 0.478 e. The molecule has 1 aliphatic heterocycles. The Balaban J connectivity index is 1.59. The molecule has 34 heavy (non-hydrogen) atoms. The summed E-state index contributed by atoms with van der Waals surface area (Å²) in [5.41, 5.74) is 1.82. The van der Waals surface area contributed by atoms with Gasteiger partial charge in [-0.25, -0.2) is 4.79 Å². The molecule has 0 bridgehead atoms. The van der Waals surface area contributed by atoms with Crippen LogP contribution in [0.15, 0.2) is 79.1 Å². The molecule has 3 N–H and O–H groups in total. The van der Waals surface area contributed by atoms with Crippen LogP contribution >= 0.6 is 0 Å². The summed E-state index contributed by atoms with van der Waals surface area (Å²) in [5, 5.41) is 15.8. The Morgan fingerprint density at radius 1 is 0.941 bits per heavy atom. The Bertz CT molecular complexity index is 1130. The number of nitrogens with one attached hydrogen (secondary N) is 2. The number of benzene rings is 2. The number of anilines is 2. The number of rotatable bonds is 7. The fourth-order valence-electron chi connectivity index (χ4n) is 3.79. The van der Waals surface area contributed by atoms with E-state index in [1.54, 1.807) is 54.6 Å². The third-order valence-corrected chi connectivity index (χ3v) is 5.53. The van der Waals surface area contributed by atoms with E-state index in [1.165, 1.54) is 12.4 Å². The van der Waals surface area contributed by atoms with Crippen molar-refractivity contribution in [2.75, 3.05) is 36.0 Å². The van der Waals surface area contributed by atoms with Gasteiger partial charge in [0.05, 0.1) is 5.56 Å². The highest BCUT2D eigenvalue weighted by molar-refractivity contribution is 6.10. The summed E-state index contributed by atoms with van der Waals surface area (Å²) in [6.45, 7) is 3.52. The van der Waals surface area contributed by atoms with Gasteiger partial charge in [-0.1, -0.05) is 18.2 Å². The maximum absolute atomic E-state index is 13.3. The molecular formula is C25H25N5O4. The molecule has 2 heterocycles. The van der Waals surface area contributed by atoms with Crippen LogP contribution < -0.4 is 20.4 Å². The van der Waals surface area contributed by atoms with Crippen LogP contribution in [0, 0.1) is 0 Å². The molecule has 3 aromatic rings. The molecule has 1 saturated heterocycles. The zero-order valence-corrected chi connectivity index (χ0v) is 18.4. The first-order valence-corrected chi connectivity index (χ1v) is 10.9. The van der Waals surface area contributed by atoms with E-state index in [1.807, 2.05) is 12.1 Å². The summed E-state index contributed by atoms with van der Waals surface area (Å²) >= 11 is 0. The van der Waals surface area contributed by atoms with E-state index in [0.29, 0.717) is 11.3 Å². The van der Waals surface area contributed by atoms with Crippen molar-refractivity contribution in [1.29, 1.82) is 0 Å². The van der Waals surface area contributed by atoms with Gasteiger partial charge in [-0.3, -0.25) is 19.5 Å². The highest BCUT2D eigenvalue weighted by atomic mass is 16.4. The van der Waals surface area contributed by atoms with Gasteiger partial charge in [0.2, 0.25) is 6.17 Å². The molecule has 174 valence electrons. The Labute approximate surface area is 197 Å². The molecule has 0 spiro atoms. The average Bonchev–Trinajstić information content (AvgIpc) is 2.89. The third-order valence-electron chi connectivity index (χ3n) is 5.53. The number of carbonyl (C=O) groups excluding carboxylic acids is 2. The fraction of sp³-hybridized carbons (Fsp3) is 0.200. The topological polar surface area (TPSA) is 115 Å². The molecule has 1 unspecified atom stereocenters. The number of pyridine rings is 1. The Hall–Kier alpha value is -4.24. The minimum atomic E-state index is -1.63. The highest BCUT2D eigenvalue weighted by Crippen LogP contribution is 2.20. The normalized spacial score (nSPS) is 14.2. The number of nitrogens with zero attached hydrogens (tertiary/aromatic N) is 3. The van der Waals surface area contributed by atoms with Crippen LogP contribution in [-0.4, -0.2) is 60.2 Å². The van der Waals surface area contributed by atoms with E-state index in [2.05, 4.69) is 20.5 Å². The number of carboxylic acids is 1. The standard InChI is InChI=1S/C25H25N5O4/c31-23(18-8-10-20(11-9-18)29-15-13-26-14-16-29)28-22(25(33)34)30(21-6-2-1-3-7-21)24(32)19-5-4-12-27-17-19/h1-12,17,22,26H,13-16H2,(H,28,31)(H,33,34). The molecular weight excluding hydrogens is 434 g/mol. The lowest BCUT2D eigenvalue weighted by Gasteiger charge is -2.30. The minimum Gasteiger partial charge on any atom is -0.478 e. The summed E-state index contributed by atoms with van der Waals surface area (Å²) in [5.74, 6) is -2.56. The monoisotopic (exact) mass is 459 g/mol. The van der Waals surface area contributed by atoms with Gasteiger partial charge >= 0.3 is 5.97 Å². The molecule has 1 atom stereocenters. The summed E-state index contributed by atoms with van der Waals surface area (Å²) < 4.78 is 0. The smallest absolute Gasteiger partial charge is 0.347 e. The number of carbonyl (C=O) groups is 3. The van der Waals surface area contributed by atoms with Crippen LogP contribution in [-0.2, 0) is 4.79 Å². The second-order valence-corrected chi connectivity index (χ2v) is 7.75. The van der Waals surface area contributed by atoms with Crippen LogP contribution in [0.4, 0.5) is 11.4 Å². The van der Waals surface area contributed by atoms with E-state index in [-0.39, 0.29) is 5.56 Å². The van der Waals surface area contributed by atoms with E-state index >= 15 is 0 Å². The molecule has 0 saturated carbocycles. The average molecular weight is 460 g/mol. The van der Waals surface area contributed by atoms with Gasteiger partial charge in [-0.05, 0) is 48.5 Å². The van der Waals surface area contributed by atoms with Crippen molar-refractivity contribution < 1.29 is 19.5 Å². The maximum atomic E-state index is 13.3. The van der Waals surface area contributed by atoms with Gasteiger partial charge in [-0.2, -0.15) is 0 Å². The Kier molecular flexibility index (Phi) is 7.14. The van der Waals surface area contributed by atoms with Gasteiger partial charge in [0.25, 0.3) is 11.8 Å². The van der Waals surface area contributed by atoms with Crippen molar-refractivity contribution in [3.63, 3.8) is 0 Å². The summed E-state index contributed by atoms with van der Waals surface area (Å²) in [6.07, 6.45) is 1.24. The fourth-order valence-corrected chi connectivity index (χ4v) is 3.79. The molecule has 2 amide bonds. The van der Waals surface area contributed by atoms with E-state index in [9.17, 15) is 19.5 Å². The SMILES string of the molecule is O=C(NC(C(=O)O)N(C(=O)c1cccnc1)c1ccccc1)c1ccc(N2CCNCC2)cc1. The molecule has 2 aromatic carbocycles. The molecule has 0 aliphatic carbocycles. The predicted octanol–water partition coefficient (Wildman–Crippen LogP) is 1.98. The van der Waals surface area contributed by atoms with Gasteiger partial charge in [0.1, 0.15) is 0 Å². The van der Waals surface area contributed by atoms with Crippen molar-refractivity contribution >= 4 is 29.2 Å². The third kappa shape index (κ3) is 5.21. The first-order valence-electron chi connectivity index (χ1n) is 10.9. The maximum Gasteiger partial charge on any atom is 0.347 e. The van der Waals surface area contributed by atoms with Crippen LogP contribution in [0.25, 0.3) is 0 Å². The second-order valence-electron chi connectivity index (χ2n) is 7.75. The van der Waals surface area contributed by atoms with Gasteiger partial charge < -0.3 is 20.6 Å². The second kappa shape index (κ2) is 10.6. The molecule has 9 heteroatoms. The van der Waals surface area contributed by atoms with Crippen molar-refractivity contribution in [3.8, 4) is 0 Å². The van der Waals surface area contributed by atoms with Crippen LogP contribution in [0.2, 0.25) is 0 Å². The Morgan fingerprint density at radius 3 is 2.26 bits per heavy atom. The summed E-state index contributed by atoms with van der Waals surface area (Å²) in [7, 11) is 0. The Morgan fingerprint density at radius 2 is 1.65 bits per heavy atom. The molecule has 0 radical (unpaired) electrons. The number of para-hydroxylation sites is 1. The number of piperazine rings is 1. The first kappa shape index (κ1) is 22.9. The summed E-state index contributed by atoms with van der Waals surface area (Å²) in [6, 6.07) is 18.5. The van der Waals surface area contributed by atoms with Crippen LogP contribution in [0.1, 0.15) is 20.7 Å². The summed E-state index contributed by atoms with van der Waals surface area (Å²) in [4.78, 5) is 45.7. The molecule has 9 nitrogen and oxygen atoms in total. The minimum absolute atomic E-state index is 0.201. The van der Waals surface area contributed by atoms with Crippen molar-refractivity contribution in [2.45, 2.75) is 6.17 Å². The van der Waals surface area contributed by atoms with Gasteiger partial charge in [-0.15, -0.1) is 0 Å². The van der Waals surface area contributed by atoms with Crippen molar-refractivity contribution in [3.05, 3.63) is 90.3 Å². The lowest BCUT2D eigenvalue weighted by Crippen LogP contribution is -2.55. The van der Waals surface area contributed by atoms with Crippen molar-refractivity contribution in [2.24, 2.45) is 0 Å². The van der Waals surface area contributed by atoms with E-state index in [4.69, 9.17) is 0 Å². The van der Waals surface area contributed by atoms with E-state index in [0.717, 1.165) is 36.8 Å². The number of aromatic nitrogens is 1. The van der Waals surface area contributed by atoms with Crippen molar-refractivity contribution in [1.82, 2.24) is 15.6 Å². The number of aliphatic carboxylic acids is 1. The number of hydrogen-bond donors (Lipinski definition) is 3. The first-order chi connectivity index (χ1) is 16.5. The quantitative estimate of drug-likeness (QED) is 0.463. The van der Waals surface area contributed by atoms with Crippen LogP contribution in [0.5, 0.6) is 0 Å². The number of hydrogen-bond acceptors (Lipinski definition) is 6. The zero-order chi connectivity index (χ0) is 23.9. The molecule has 1 aliphatic rings. The number of amides is 2. The predicted molar refractivity (Wildman–Crippen MR) is 128 cm³/mol. The molecule has 1 fully saturated rings. The van der Waals surface area contributed by atoms with Gasteiger partial charge in [0, 0.05) is 55.5 Å². The lowest BCUT2D eigenvalue weighted by molar-refractivity contribution is -0.139.